The van der Waals surface area contributed by atoms with E-state index in [4.69, 9.17) is 5.73 Å². The third kappa shape index (κ3) is 2.32. The van der Waals surface area contributed by atoms with Crippen molar-refractivity contribution in [1.82, 2.24) is 0 Å². The van der Waals surface area contributed by atoms with Crippen LogP contribution in [-0.4, -0.2) is 12.1 Å². The molecule has 0 aliphatic heterocycles. The second-order valence-corrected chi connectivity index (χ2v) is 5.01. The number of benzene rings is 1. The van der Waals surface area contributed by atoms with E-state index in [1.165, 1.54) is 6.07 Å². The van der Waals surface area contributed by atoms with Crippen molar-refractivity contribution in [1.29, 1.82) is 0 Å². The Morgan fingerprint density at radius 2 is 2.13 bits per heavy atom. The van der Waals surface area contributed by atoms with Gasteiger partial charge in [0.05, 0.1) is 4.47 Å². The Kier molecular flexibility index (Phi) is 2.98. The van der Waals surface area contributed by atoms with Crippen molar-refractivity contribution in [3.05, 3.63) is 28.0 Å². The number of halogens is 2. The van der Waals surface area contributed by atoms with Gasteiger partial charge in [0.25, 0.3) is 0 Å². The lowest BCUT2D eigenvalue weighted by Gasteiger charge is -2.34. The summed E-state index contributed by atoms with van der Waals surface area (Å²) in [7, 11) is 0. The number of hydrogen-bond acceptors (Lipinski definition) is 2. The second-order valence-electron chi connectivity index (χ2n) is 4.15. The molecule has 0 spiro atoms. The summed E-state index contributed by atoms with van der Waals surface area (Å²) >= 11 is 3.16. The summed E-state index contributed by atoms with van der Waals surface area (Å²) < 4.78 is 13.8. The zero-order chi connectivity index (χ0) is 11.0. The molecular formula is C11H14BrFN2. The molecule has 0 aromatic heterocycles. The third-order valence-electron chi connectivity index (χ3n) is 2.80. The largest absolute Gasteiger partial charge is 0.382 e. The lowest BCUT2D eigenvalue weighted by Crippen LogP contribution is -2.44. The van der Waals surface area contributed by atoms with Crippen LogP contribution in [0.2, 0.25) is 0 Å². The second kappa shape index (κ2) is 4.10. The van der Waals surface area contributed by atoms with Gasteiger partial charge in [-0.1, -0.05) is 0 Å². The number of aryl methyl sites for hydroxylation is 1. The van der Waals surface area contributed by atoms with Crippen molar-refractivity contribution in [3.63, 3.8) is 0 Å². The fourth-order valence-electron chi connectivity index (χ4n) is 1.80. The molecular weight excluding hydrogens is 259 g/mol. The van der Waals surface area contributed by atoms with Gasteiger partial charge in [-0.05, 0) is 53.4 Å². The lowest BCUT2D eigenvalue weighted by atomic mass is 9.87. The summed E-state index contributed by atoms with van der Waals surface area (Å²) in [5, 5.41) is 3.30. The average Bonchev–Trinajstić information content (AvgIpc) is 2.11. The fraction of sp³-hybridized carbons (Fsp3) is 0.455. The summed E-state index contributed by atoms with van der Waals surface area (Å²) in [5.74, 6) is -0.230. The Morgan fingerprint density at radius 1 is 1.47 bits per heavy atom. The quantitative estimate of drug-likeness (QED) is 0.869. The van der Waals surface area contributed by atoms with E-state index in [-0.39, 0.29) is 5.82 Å². The van der Waals surface area contributed by atoms with Crippen LogP contribution < -0.4 is 11.1 Å². The van der Waals surface area contributed by atoms with Gasteiger partial charge in [0.1, 0.15) is 5.82 Å². The Bertz CT molecular complexity index is 375. The summed E-state index contributed by atoms with van der Waals surface area (Å²) in [4.78, 5) is 0. The van der Waals surface area contributed by atoms with E-state index in [2.05, 4.69) is 21.2 Å². The van der Waals surface area contributed by atoms with Gasteiger partial charge in [-0.25, -0.2) is 4.39 Å². The number of rotatable bonds is 2. The molecule has 82 valence electrons. The van der Waals surface area contributed by atoms with Gasteiger partial charge in [0.15, 0.2) is 0 Å². The molecule has 2 nitrogen and oxygen atoms in total. The van der Waals surface area contributed by atoms with Gasteiger partial charge in [-0.15, -0.1) is 0 Å². The smallest absolute Gasteiger partial charge is 0.139 e. The van der Waals surface area contributed by atoms with E-state index in [0.29, 0.717) is 16.6 Å². The number of nitrogens with one attached hydrogen (secondary N) is 1. The van der Waals surface area contributed by atoms with Crippen LogP contribution in [0.1, 0.15) is 18.4 Å². The standard InChI is InChI=1S/C11H14BrFN2/c1-6-2-9(12)10(13)5-11(6)15-8-3-7(14)4-8/h2,5,7-8,15H,3-4,14H2,1H3. The van der Waals surface area contributed by atoms with Crippen LogP contribution in [-0.2, 0) is 0 Å². The molecule has 0 unspecified atom stereocenters. The minimum atomic E-state index is -0.230. The van der Waals surface area contributed by atoms with Crippen molar-refractivity contribution in [2.75, 3.05) is 5.32 Å². The molecule has 1 aliphatic rings. The predicted molar refractivity (Wildman–Crippen MR) is 63.5 cm³/mol. The molecule has 0 saturated heterocycles. The van der Waals surface area contributed by atoms with Gasteiger partial charge < -0.3 is 11.1 Å². The van der Waals surface area contributed by atoms with E-state index in [1.807, 2.05) is 6.92 Å². The van der Waals surface area contributed by atoms with Crippen LogP contribution in [0.15, 0.2) is 16.6 Å². The average molecular weight is 273 g/mol. The molecule has 1 saturated carbocycles. The predicted octanol–water partition coefficient (Wildman–Crippen LogP) is 2.80. The van der Waals surface area contributed by atoms with Gasteiger partial charge in [0, 0.05) is 17.8 Å². The molecule has 1 aliphatic carbocycles. The lowest BCUT2D eigenvalue weighted by molar-refractivity contribution is 0.373. The highest BCUT2D eigenvalue weighted by atomic mass is 79.9. The fourth-order valence-corrected chi connectivity index (χ4v) is 2.26. The first-order valence-corrected chi connectivity index (χ1v) is 5.83. The summed E-state index contributed by atoms with van der Waals surface area (Å²) in [6, 6.07) is 4.03. The normalized spacial score (nSPS) is 24.8. The molecule has 0 amide bonds. The SMILES string of the molecule is Cc1cc(Br)c(F)cc1NC1CC(N)C1. The first-order valence-electron chi connectivity index (χ1n) is 5.04. The minimum absolute atomic E-state index is 0.230. The first kappa shape index (κ1) is 10.9. The first-order chi connectivity index (χ1) is 7.06. The van der Waals surface area contributed by atoms with Crippen LogP contribution >= 0.6 is 15.9 Å². The van der Waals surface area contributed by atoms with Crippen molar-refractivity contribution >= 4 is 21.6 Å². The van der Waals surface area contributed by atoms with Crippen molar-refractivity contribution < 1.29 is 4.39 Å². The maximum atomic E-state index is 13.3. The molecule has 1 aromatic rings. The monoisotopic (exact) mass is 272 g/mol. The molecule has 2 rings (SSSR count). The summed E-state index contributed by atoms with van der Waals surface area (Å²) in [6.45, 7) is 1.96. The van der Waals surface area contributed by atoms with E-state index < -0.39 is 0 Å². The number of hydrogen-bond donors (Lipinski definition) is 2. The molecule has 1 aromatic carbocycles. The van der Waals surface area contributed by atoms with Crippen LogP contribution in [0, 0.1) is 12.7 Å². The van der Waals surface area contributed by atoms with Crippen molar-refractivity contribution in [2.45, 2.75) is 31.8 Å². The number of nitrogens with two attached hydrogens (primary N) is 1. The minimum Gasteiger partial charge on any atom is -0.382 e. The Labute approximate surface area is 97.2 Å². The highest BCUT2D eigenvalue weighted by Crippen LogP contribution is 2.28. The topological polar surface area (TPSA) is 38.0 Å². The Balaban J connectivity index is 2.11. The van der Waals surface area contributed by atoms with Crippen LogP contribution in [0.25, 0.3) is 0 Å². The van der Waals surface area contributed by atoms with Crippen LogP contribution in [0.3, 0.4) is 0 Å². The molecule has 3 N–H and O–H groups in total. The van der Waals surface area contributed by atoms with Crippen molar-refractivity contribution in [2.24, 2.45) is 5.73 Å². The van der Waals surface area contributed by atoms with E-state index in [9.17, 15) is 4.39 Å². The zero-order valence-electron chi connectivity index (χ0n) is 8.56. The maximum Gasteiger partial charge on any atom is 0.139 e. The zero-order valence-corrected chi connectivity index (χ0v) is 10.1. The highest BCUT2D eigenvalue weighted by molar-refractivity contribution is 9.10. The molecule has 0 atom stereocenters. The summed E-state index contributed by atoms with van der Waals surface area (Å²) in [6.07, 6.45) is 1.94. The molecule has 15 heavy (non-hydrogen) atoms. The van der Waals surface area contributed by atoms with Gasteiger partial charge in [-0.2, -0.15) is 0 Å². The molecule has 0 bridgehead atoms. The molecule has 4 heteroatoms. The van der Waals surface area contributed by atoms with Crippen LogP contribution in [0.4, 0.5) is 10.1 Å². The van der Waals surface area contributed by atoms with E-state index in [0.717, 1.165) is 24.1 Å². The summed E-state index contributed by atoms with van der Waals surface area (Å²) in [5.41, 5.74) is 7.61. The van der Waals surface area contributed by atoms with Crippen molar-refractivity contribution in [3.8, 4) is 0 Å². The maximum absolute atomic E-state index is 13.3. The molecule has 1 fully saturated rings. The Morgan fingerprint density at radius 3 is 2.73 bits per heavy atom. The van der Waals surface area contributed by atoms with Gasteiger partial charge in [0.2, 0.25) is 0 Å². The highest BCUT2D eigenvalue weighted by Gasteiger charge is 2.26. The van der Waals surface area contributed by atoms with Crippen LogP contribution in [0.5, 0.6) is 0 Å². The molecule has 0 heterocycles. The van der Waals surface area contributed by atoms with E-state index in [1.54, 1.807) is 6.07 Å². The Hall–Kier alpha value is -0.610. The molecule has 0 radical (unpaired) electrons. The van der Waals surface area contributed by atoms with E-state index >= 15 is 0 Å². The van der Waals surface area contributed by atoms with Gasteiger partial charge in [-0.3, -0.25) is 0 Å². The number of anilines is 1. The third-order valence-corrected chi connectivity index (χ3v) is 3.41. The van der Waals surface area contributed by atoms with Gasteiger partial charge >= 0.3 is 0 Å².